The fraction of sp³-hybridized carbons (Fsp3) is 0.0625. The van der Waals surface area contributed by atoms with Crippen LogP contribution in [0, 0.1) is 5.82 Å². The summed E-state index contributed by atoms with van der Waals surface area (Å²) in [4.78, 5) is 0. The van der Waals surface area contributed by atoms with Crippen molar-refractivity contribution in [2.75, 3.05) is 5.43 Å². The lowest BCUT2D eigenvalue weighted by Crippen LogP contribution is -1.94. The van der Waals surface area contributed by atoms with E-state index in [-0.39, 0.29) is 5.02 Å². The summed E-state index contributed by atoms with van der Waals surface area (Å²) in [5.41, 5.74) is 5.46. The highest BCUT2D eigenvalue weighted by atomic mass is 35.5. The van der Waals surface area contributed by atoms with Gasteiger partial charge in [0.1, 0.15) is 5.82 Å². The lowest BCUT2D eigenvalue weighted by molar-refractivity contribution is 0.628. The van der Waals surface area contributed by atoms with E-state index in [1.54, 1.807) is 12.3 Å². The molecular weight excluding hydrogens is 275 g/mol. The first-order valence-corrected chi connectivity index (χ1v) is 6.49. The molecule has 2 aromatic rings. The molecule has 0 unspecified atom stereocenters. The molecule has 0 aliphatic rings. The molecule has 2 rings (SSSR count). The Balaban J connectivity index is 1.89. The van der Waals surface area contributed by atoms with Gasteiger partial charge >= 0.3 is 0 Å². The minimum atomic E-state index is -0.449. The van der Waals surface area contributed by atoms with Crippen molar-refractivity contribution in [2.45, 2.75) is 6.42 Å². The van der Waals surface area contributed by atoms with E-state index < -0.39 is 5.82 Å². The number of halogens is 2. The molecule has 0 aliphatic heterocycles. The van der Waals surface area contributed by atoms with Crippen LogP contribution in [-0.4, -0.2) is 6.21 Å². The first-order chi connectivity index (χ1) is 9.65. The smallest absolute Gasteiger partial charge is 0.141 e. The zero-order valence-electron chi connectivity index (χ0n) is 10.8. The zero-order chi connectivity index (χ0) is 14.4. The highest BCUT2D eigenvalue weighted by Crippen LogP contribution is 2.19. The van der Waals surface area contributed by atoms with Crippen molar-refractivity contribution in [3.05, 3.63) is 77.1 Å². The van der Waals surface area contributed by atoms with Gasteiger partial charge in [-0.3, -0.25) is 5.43 Å². The maximum absolute atomic E-state index is 13.0. The van der Waals surface area contributed by atoms with E-state index in [2.05, 4.69) is 17.1 Å². The van der Waals surface area contributed by atoms with Gasteiger partial charge in [-0.2, -0.15) is 5.10 Å². The molecule has 0 fully saturated rings. The number of allylic oxidation sites excluding steroid dienone is 1. The summed E-state index contributed by atoms with van der Waals surface area (Å²) >= 11 is 5.68. The van der Waals surface area contributed by atoms with E-state index >= 15 is 0 Å². The molecular formula is C16H14ClFN2. The maximum atomic E-state index is 13.0. The van der Waals surface area contributed by atoms with Crippen molar-refractivity contribution < 1.29 is 4.39 Å². The van der Waals surface area contributed by atoms with Gasteiger partial charge in [-0.1, -0.05) is 48.5 Å². The summed E-state index contributed by atoms with van der Waals surface area (Å²) in [7, 11) is 0. The highest BCUT2D eigenvalue weighted by Gasteiger charge is 1.99. The zero-order valence-corrected chi connectivity index (χ0v) is 11.6. The normalized spacial score (nSPS) is 10.7. The summed E-state index contributed by atoms with van der Waals surface area (Å²) in [6.07, 6.45) is 2.38. The van der Waals surface area contributed by atoms with Crippen LogP contribution in [0.3, 0.4) is 0 Å². The van der Waals surface area contributed by atoms with Crippen molar-refractivity contribution in [2.24, 2.45) is 5.10 Å². The van der Waals surface area contributed by atoms with Crippen LogP contribution < -0.4 is 5.43 Å². The second kappa shape index (κ2) is 6.87. The number of hydrogen-bond acceptors (Lipinski definition) is 2. The minimum absolute atomic E-state index is 0.0633. The molecule has 2 nitrogen and oxygen atoms in total. The maximum Gasteiger partial charge on any atom is 0.141 e. The van der Waals surface area contributed by atoms with Gasteiger partial charge in [-0.05, 0) is 35.8 Å². The Hall–Kier alpha value is -2.13. The van der Waals surface area contributed by atoms with E-state index in [0.29, 0.717) is 5.69 Å². The molecule has 0 atom stereocenters. The predicted octanol–water partition coefficient (Wildman–Crippen LogP) is 4.68. The number of rotatable bonds is 5. The Morgan fingerprint density at radius 2 is 2.00 bits per heavy atom. The molecule has 0 saturated heterocycles. The quantitative estimate of drug-likeness (QED) is 0.627. The molecule has 0 aromatic heterocycles. The minimum Gasteiger partial charge on any atom is -0.278 e. The molecule has 4 heteroatoms. The van der Waals surface area contributed by atoms with Gasteiger partial charge in [-0.15, -0.1) is 0 Å². The molecule has 0 radical (unpaired) electrons. The average Bonchev–Trinajstić information content (AvgIpc) is 2.44. The Labute approximate surface area is 122 Å². The summed E-state index contributed by atoms with van der Waals surface area (Å²) < 4.78 is 13.0. The Morgan fingerprint density at radius 1 is 1.25 bits per heavy atom. The molecule has 102 valence electrons. The number of anilines is 1. The van der Waals surface area contributed by atoms with Gasteiger partial charge in [-0.25, -0.2) is 4.39 Å². The largest absolute Gasteiger partial charge is 0.278 e. The van der Waals surface area contributed by atoms with Gasteiger partial charge in [0.05, 0.1) is 16.9 Å². The van der Waals surface area contributed by atoms with Gasteiger partial charge in [0.25, 0.3) is 0 Å². The summed E-state index contributed by atoms with van der Waals surface area (Å²) in [5, 5.41) is 4.12. The van der Waals surface area contributed by atoms with Crippen molar-refractivity contribution in [1.82, 2.24) is 0 Å². The fourth-order valence-electron chi connectivity index (χ4n) is 1.67. The van der Waals surface area contributed by atoms with Crippen LogP contribution in [0.2, 0.25) is 5.02 Å². The first kappa shape index (κ1) is 14.3. The molecule has 0 saturated carbocycles. The van der Waals surface area contributed by atoms with Crippen LogP contribution >= 0.6 is 11.6 Å². The lowest BCUT2D eigenvalue weighted by atomic mass is 10.1. The van der Waals surface area contributed by atoms with Crippen LogP contribution in [0.5, 0.6) is 0 Å². The predicted molar refractivity (Wildman–Crippen MR) is 82.8 cm³/mol. The van der Waals surface area contributed by atoms with E-state index in [1.807, 2.05) is 30.3 Å². The van der Waals surface area contributed by atoms with Crippen LogP contribution in [0.4, 0.5) is 10.1 Å². The van der Waals surface area contributed by atoms with Crippen molar-refractivity contribution in [3.63, 3.8) is 0 Å². The molecule has 20 heavy (non-hydrogen) atoms. The second-order valence-electron chi connectivity index (χ2n) is 4.32. The Bertz CT molecular complexity index is 624. The third-order valence-corrected chi connectivity index (χ3v) is 2.92. The van der Waals surface area contributed by atoms with Gasteiger partial charge < -0.3 is 0 Å². The number of nitrogens with one attached hydrogen (secondary N) is 1. The van der Waals surface area contributed by atoms with Crippen molar-refractivity contribution in [1.29, 1.82) is 0 Å². The molecule has 1 N–H and O–H groups in total. The molecule has 0 heterocycles. The molecule has 0 aliphatic carbocycles. The molecule has 0 bridgehead atoms. The second-order valence-corrected chi connectivity index (χ2v) is 4.73. The molecule has 2 aromatic carbocycles. The summed E-state index contributed by atoms with van der Waals surface area (Å²) in [5.74, 6) is -0.449. The van der Waals surface area contributed by atoms with Gasteiger partial charge in [0.2, 0.25) is 0 Å². The number of benzene rings is 2. The lowest BCUT2D eigenvalue weighted by Gasteiger charge is -2.02. The summed E-state index contributed by atoms with van der Waals surface area (Å²) in [6, 6.07) is 14.3. The summed E-state index contributed by atoms with van der Waals surface area (Å²) in [6.45, 7) is 3.94. The molecule has 0 spiro atoms. The van der Waals surface area contributed by atoms with Crippen LogP contribution in [0.1, 0.15) is 5.56 Å². The third kappa shape index (κ3) is 4.21. The number of nitrogens with zero attached hydrogens (tertiary/aromatic N) is 1. The Morgan fingerprint density at radius 3 is 2.70 bits per heavy atom. The van der Waals surface area contributed by atoms with Gasteiger partial charge in [0.15, 0.2) is 0 Å². The van der Waals surface area contributed by atoms with Crippen LogP contribution in [-0.2, 0) is 6.42 Å². The third-order valence-electron chi connectivity index (χ3n) is 2.63. The highest BCUT2D eigenvalue weighted by molar-refractivity contribution is 6.31. The monoisotopic (exact) mass is 288 g/mol. The standard InChI is InChI=1S/C16H14ClFN2/c1-12(9-13-5-3-2-4-6-13)11-19-20-14-7-8-16(18)15(17)10-14/h2-8,10-11,20H,1,9H2/b19-11-. The van der Waals surface area contributed by atoms with E-state index in [1.165, 1.54) is 17.7 Å². The van der Waals surface area contributed by atoms with Crippen molar-refractivity contribution >= 4 is 23.5 Å². The van der Waals surface area contributed by atoms with Crippen LogP contribution in [0.25, 0.3) is 0 Å². The van der Waals surface area contributed by atoms with Crippen LogP contribution in [0.15, 0.2) is 65.8 Å². The first-order valence-electron chi connectivity index (χ1n) is 6.11. The average molecular weight is 289 g/mol. The Kier molecular flexibility index (Phi) is 4.91. The van der Waals surface area contributed by atoms with Gasteiger partial charge in [0, 0.05) is 0 Å². The van der Waals surface area contributed by atoms with E-state index in [4.69, 9.17) is 11.6 Å². The molecule has 0 amide bonds. The van der Waals surface area contributed by atoms with E-state index in [0.717, 1.165) is 12.0 Å². The topological polar surface area (TPSA) is 24.4 Å². The van der Waals surface area contributed by atoms with Crippen molar-refractivity contribution in [3.8, 4) is 0 Å². The van der Waals surface area contributed by atoms with E-state index in [9.17, 15) is 4.39 Å². The number of hydrogen-bond donors (Lipinski definition) is 1. The fourth-order valence-corrected chi connectivity index (χ4v) is 1.85. The SMILES string of the molecule is C=C(/C=N\Nc1ccc(F)c(Cl)c1)Cc1ccccc1. The number of hydrazone groups is 1.